The molecule has 0 bridgehead atoms. The van der Waals surface area contributed by atoms with Gasteiger partial charge >= 0.3 is 0 Å². The summed E-state index contributed by atoms with van der Waals surface area (Å²) in [7, 11) is 0. The van der Waals surface area contributed by atoms with Crippen LogP contribution < -0.4 is 5.73 Å². The molecule has 19 heavy (non-hydrogen) atoms. The molecule has 0 saturated heterocycles. The summed E-state index contributed by atoms with van der Waals surface area (Å²) in [6.45, 7) is 8.68. The first-order valence-electron chi connectivity index (χ1n) is 6.67. The van der Waals surface area contributed by atoms with E-state index in [-0.39, 0.29) is 35.0 Å². The fraction of sp³-hybridized carbons (Fsp3) is 0.600. The van der Waals surface area contributed by atoms with Crippen LogP contribution in [0, 0.1) is 5.41 Å². The molecule has 3 atom stereocenters. The molecule has 0 spiro atoms. The van der Waals surface area contributed by atoms with Crippen LogP contribution in [0.25, 0.3) is 0 Å². The van der Waals surface area contributed by atoms with E-state index in [9.17, 15) is 10.2 Å². The summed E-state index contributed by atoms with van der Waals surface area (Å²) < 4.78 is 6.12. The fourth-order valence-corrected chi connectivity index (χ4v) is 3.03. The van der Waals surface area contributed by atoms with E-state index in [0.717, 1.165) is 11.1 Å². The van der Waals surface area contributed by atoms with E-state index in [1.54, 1.807) is 6.07 Å². The van der Waals surface area contributed by atoms with E-state index >= 15 is 0 Å². The summed E-state index contributed by atoms with van der Waals surface area (Å²) in [5.74, 6) is -0.123. The summed E-state index contributed by atoms with van der Waals surface area (Å²) in [6, 6.07) is 3.28. The van der Waals surface area contributed by atoms with Crippen LogP contribution in [0.5, 0.6) is 11.5 Å². The lowest BCUT2D eigenvalue weighted by Gasteiger charge is -2.43. The Kier molecular flexibility index (Phi) is 3.49. The first-order valence-corrected chi connectivity index (χ1v) is 6.67. The molecule has 4 nitrogen and oxygen atoms in total. The maximum Gasteiger partial charge on any atom is 0.161 e. The van der Waals surface area contributed by atoms with Crippen molar-refractivity contribution in [3.05, 3.63) is 23.3 Å². The number of rotatable bonds is 1. The highest BCUT2D eigenvalue weighted by Crippen LogP contribution is 2.49. The van der Waals surface area contributed by atoms with Crippen molar-refractivity contribution in [2.45, 2.75) is 45.8 Å². The normalized spacial score (nSPS) is 27.1. The Morgan fingerprint density at radius 1 is 1.26 bits per heavy atom. The Morgan fingerprint density at radius 3 is 2.42 bits per heavy atom. The molecule has 1 aromatic rings. The average molecular weight is 265 g/mol. The van der Waals surface area contributed by atoms with Crippen molar-refractivity contribution in [1.82, 2.24) is 0 Å². The molecule has 3 unspecified atom stereocenters. The average Bonchev–Trinajstić information content (AvgIpc) is 2.32. The standard InChI is InChI=1S/C15H23NO3/c1-8-12-9(5-6-10(17)13(12)18)11(7-16)19-14(8)15(2,3)4/h5-6,8,11,14,17-18H,7,16H2,1-4H3. The highest BCUT2D eigenvalue weighted by molar-refractivity contribution is 5.52. The Hall–Kier alpha value is -1.26. The van der Waals surface area contributed by atoms with Gasteiger partial charge in [0, 0.05) is 18.0 Å². The van der Waals surface area contributed by atoms with Crippen molar-refractivity contribution < 1.29 is 14.9 Å². The number of fused-ring (bicyclic) bond motifs is 1. The van der Waals surface area contributed by atoms with Gasteiger partial charge in [0.05, 0.1) is 12.2 Å². The largest absolute Gasteiger partial charge is 0.504 e. The Labute approximate surface area is 114 Å². The summed E-state index contributed by atoms with van der Waals surface area (Å²) in [5.41, 5.74) is 7.37. The molecule has 0 amide bonds. The molecule has 0 radical (unpaired) electrons. The van der Waals surface area contributed by atoms with Gasteiger partial charge < -0.3 is 20.7 Å². The van der Waals surface area contributed by atoms with Crippen molar-refractivity contribution in [3.8, 4) is 11.5 Å². The van der Waals surface area contributed by atoms with Gasteiger partial charge in [-0.3, -0.25) is 0 Å². The minimum absolute atomic E-state index is 0.00454. The third kappa shape index (κ3) is 2.30. The van der Waals surface area contributed by atoms with Crippen molar-refractivity contribution in [3.63, 3.8) is 0 Å². The van der Waals surface area contributed by atoms with Gasteiger partial charge in [-0.15, -0.1) is 0 Å². The molecule has 1 aliphatic rings. The molecule has 0 aromatic heterocycles. The van der Waals surface area contributed by atoms with Crippen LogP contribution in [0.15, 0.2) is 12.1 Å². The molecule has 0 fully saturated rings. The Bertz CT molecular complexity index is 479. The Morgan fingerprint density at radius 2 is 1.89 bits per heavy atom. The van der Waals surface area contributed by atoms with Crippen LogP contribution in [-0.2, 0) is 4.74 Å². The zero-order valence-electron chi connectivity index (χ0n) is 12.0. The van der Waals surface area contributed by atoms with Gasteiger partial charge in [-0.1, -0.05) is 33.8 Å². The van der Waals surface area contributed by atoms with E-state index in [4.69, 9.17) is 10.5 Å². The molecule has 2 rings (SSSR count). The van der Waals surface area contributed by atoms with Crippen molar-refractivity contribution in [2.75, 3.05) is 6.54 Å². The number of benzene rings is 1. The minimum atomic E-state index is -0.234. The third-order valence-electron chi connectivity index (χ3n) is 3.86. The molecule has 1 aromatic carbocycles. The van der Waals surface area contributed by atoms with Gasteiger partial charge in [-0.25, -0.2) is 0 Å². The first-order chi connectivity index (χ1) is 8.77. The predicted octanol–water partition coefficient (Wildman–Crippen LogP) is 2.65. The van der Waals surface area contributed by atoms with Gasteiger partial charge in [0.1, 0.15) is 0 Å². The van der Waals surface area contributed by atoms with E-state index < -0.39 is 0 Å². The highest BCUT2D eigenvalue weighted by atomic mass is 16.5. The molecule has 106 valence electrons. The number of hydrogen-bond donors (Lipinski definition) is 3. The maximum absolute atomic E-state index is 10.2. The lowest BCUT2D eigenvalue weighted by molar-refractivity contribution is -0.0883. The second-order valence-corrected chi connectivity index (χ2v) is 6.37. The molecule has 1 heterocycles. The van der Waals surface area contributed by atoms with Gasteiger partial charge in [0.15, 0.2) is 11.5 Å². The number of phenolic OH excluding ortho intramolecular Hbond substituents is 2. The molecule has 4 heteroatoms. The summed E-state index contributed by atoms with van der Waals surface area (Å²) >= 11 is 0. The minimum Gasteiger partial charge on any atom is -0.504 e. The smallest absolute Gasteiger partial charge is 0.161 e. The molecule has 0 aliphatic carbocycles. The number of nitrogens with two attached hydrogens (primary N) is 1. The SMILES string of the molecule is CC1c2c(ccc(O)c2O)C(CN)OC1C(C)(C)C. The molecule has 0 saturated carbocycles. The van der Waals surface area contributed by atoms with Gasteiger partial charge in [0.2, 0.25) is 0 Å². The van der Waals surface area contributed by atoms with Crippen LogP contribution in [0.1, 0.15) is 50.8 Å². The predicted molar refractivity (Wildman–Crippen MR) is 74.3 cm³/mol. The first kappa shape index (κ1) is 14.2. The van der Waals surface area contributed by atoms with Crippen molar-refractivity contribution in [2.24, 2.45) is 11.1 Å². The van der Waals surface area contributed by atoms with E-state index in [1.807, 2.05) is 6.92 Å². The summed E-state index contributed by atoms with van der Waals surface area (Å²) in [6.07, 6.45) is -0.289. The molecular formula is C15H23NO3. The van der Waals surface area contributed by atoms with Crippen LogP contribution in [0.2, 0.25) is 0 Å². The van der Waals surface area contributed by atoms with Crippen LogP contribution >= 0.6 is 0 Å². The number of phenols is 2. The number of aromatic hydroxyl groups is 2. The maximum atomic E-state index is 10.2. The van der Waals surface area contributed by atoms with Crippen LogP contribution in [-0.4, -0.2) is 22.9 Å². The van der Waals surface area contributed by atoms with Gasteiger partial charge in [0.25, 0.3) is 0 Å². The monoisotopic (exact) mass is 265 g/mol. The van der Waals surface area contributed by atoms with Gasteiger partial charge in [-0.2, -0.15) is 0 Å². The number of ether oxygens (including phenoxy) is 1. The lowest BCUT2D eigenvalue weighted by Crippen LogP contribution is -2.40. The van der Waals surface area contributed by atoms with Crippen LogP contribution in [0.4, 0.5) is 0 Å². The zero-order chi connectivity index (χ0) is 14.4. The summed E-state index contributed by atoms with van der Waals surface area (Å²) in [4.78, 5) is 0. The topological polar surface area (TPSA) is 75.7 Å². The Balaban J connectivity index is 2.57. The molecular weight excluding hydrogens is 242 g/mol. The third-order valence-corrected chi connectivity index (χ3v) is 3.86. The molecule has 4 N–H and O–H groups in total. The highest BCUT2D eigenvalue weighted by Gasteiger charge is 2.41. The zero-order valence-corrected chi connectivity index (χ0v) is 12.0. The summed E-state index contributed by atoms with van der Waals surface area (Å²) in [5, 5.41) is 19.9. The van der Waals surface area contributed by atoms with Crippen molar-refractivity contribution in [1.29, 1.82) is 0 Å². The van der Waals surface area contributed by atoms with E-state index in [2.05, 4.69) is 20.8 Å². The van der Waals surface area contributed by atoms with E-state index in [1.165, 1.54) is 6.07 Å². The quantitative estimate of drug-likeness (QED) is 0.682. The lowest BCUT2D eigenvalue weighted by atomic mass is 9.75. The van der Waals surface area contributed by atoms with E-state index in [0.29, 0.717) is 6.54 Å². The second kappa shape index (κ2) is 4.69. The van der Waals surface area contributed by atoms with Crippen molar-refractivity contribution >= 4 is 0 Å². The van der Waals surface area contributed by atoms with Crippen LogP contribution in [0.3, 0.4) is 0 Å². The molecule has 1 aliphatic heterocycles. The van der Waals surface area contributed by atoms with Gasteiger partial charge in [-0.05, 0) is 17.0 Å². The fourth-order valence-electron chi connectivity index (χ4n) is 3.03. The number of hydrogen-bond acceptors (Lipinski definition) is 4. The second-order valence-electron chi connectivity index (χ2n) is 6.37.